The summed E-state index contributed by atoms with van der Waals surface area (Å²) in [5.74, 6) is 0.403. The van der Waals surface area contributed by atoms with Gasteiger partial charge < -0.3 is 9.72 Å². The molecule has 4 bridgehead atoms. The van der Waals surface area contributed by atoms with Crippen LogP contribution in [0.2, 0.25) is 0 Å². The number of hydrogen-bond acceptors (Lipinski definition) is 6. The van der Waals surface area contributed by atoms with Crippen molar-refractivity contribution in [3.05, 3.63) is 66.4 Å². The van der Waals surface area contributed by atoms with Crippen LogP contribution in [0.5, 0.6) is 0 Å². The van der Waals surface area contributed by atoms with Crippen LogP contribution >= 0.6 is 0 Å². The fourth-order valence-electron chi connectivity index (χ4n) is 5.46. The number of aromatic amines is 1. The van der Waals surface area contributed by atoms with E-state index >= 15 is 0 Å². The number of rotatable bonds is 3. The van der Waals surface area contributed by atoms with Crippen molar-refractivity contribution in [3.63, 3.8) is 0 Å². The lowest BCUT2D eigenvalue weighted by molar-refractivity contribution is -0.145. The molecular weight excluding hydrogens is 456 g/mol. The summed E-state index contributed by atoms with van der Waals surface area (Å²) in [5.41, 5.74) is 1.56. The van der Waals surface area contributed by atoms with Gasteiger partial charge in [-0.2, -0.15) is 8.42 Å². The van der Waals surface area contributed by atoms with Crippen LogP contribution in [0.1, 0.15) is 36.0 Å². The smallest absolute Gasteiger partial charge is 0.340 e. The number of fused-ring (bicyclic) bond motifs is 2. The van der Waals surface area contributed by atoms with Gasteiger partial charge in [0.15, 0.2) is 0 Å². The molecule has 2 atom stereocenters. The Bertz CT molecular complexity index is 1300. The Morgan fingerprint density at radius 2 is 1.62 bits per heavy atom. The number of ether oxygens (including phenoxy) is 1. The van der Waals surface area contributed by atoms with E-state index in [1.807, 2.05) is 24.3 Å². The van der Waals surface area contributed by atoms with Crippen molar-refractivity contribution in [3.8, 4) is 0 Å². The Morgan fingerprint density at radius 3 is 2.24 bits per heavy atom. The van der Waals surface area contributed by atoms with Crippen LogP contribution in [0.15, 0.2) is 65.7 Å². The van der Waals surface area contributed by atoms with Crippen LogP contribution in [0.3, 0.4) is 0 Å². The van der Waals surface area contributed by atoms with Gasteiger partial charge in [-0.05, 0) is 31.0 Å². The predicted octanol–water partition coefficient (Wildman–Crippen LogP) is 3.45. The first kappa shape index (κ1) is 22.8. The van der Waals surface area contributed by atoms with Gasteiger partial charge in [0.05, 0.1) is 17.0 Å². The number of piperidine rings is 4. The summed E-state index contributed by atoms with van der Waals surface area (Å²) in [4.78, 5) is 29.9. The second kappa shape index (κ2) is 8.98. The number of carbonyl (C=O) groups excluding carboxylic acids is 2. The zero-order valence-electron chi connectivity index (χ0n) is 18.5. The Labute approximate surface area is 197 Å². The molecule has 4 aliphatic rings. The first-order chi connectivity index (χ1) is 16.3. The lowest BCUT2D eigenvalue weighted by Crippen LogP contribution is -2.63. The molecule has 5 heterocycles. The molecule has 4 fully saturated rings. The Hall–Kier alpha value is -3.01. The molecule has 7 rings (SSSR count). The third kappa shape index (κ3) is 4.51. The van der Waals surface area contributed by atoms with E-state index in [9.17, 15) is 18.0 Å². The van der Waals surface area contributed by atoms with Gasteiger partial charge in [0, 0.05) is 47.9 Å². The van der Waals surface area contributed by atoms with Gasteiger partial charge in [0.2, 0.25) is 0 Å². The number of esters is 1. The highest BCUT2D eigenvalue weighted by molar-refractivity contribution is 7.85. The molecule has 4 saturated heterocycles. The summed E-state index contributed by atoms with van der Waals surface area (Å²) in [7, 11) is -4.00. The van der Waals surface area contributed by atoms with E-state index in [0.717, 1.165) is 36.6 Å². The first-order valence-corrected chi connectivity index (χ1v) is 12.8. The molecule has 178 valence electrons. The normalized spacial score (nSPS) is 27.7. The number of benzene rings is 2. The van der Waals surface area contributed by atoms with E-state index in [2.05, 4.69) is 9.88 Å². The molecule has 2 unspecified atom stereocenters. The number of ketones is 1. The first-order valence-electron chi connectivity index (χ1n) is 11.4. The minimum atomic E-state index is -4.00. The van der Waals surface area contributed by atoms with Gasteiger partial charge in [-0.15, -0.1) is 0 Å². The van der Waals surface area contributed by atoms with E-state index in [-0.39, 0.29) is 22.9 Å². The fraction of sp³-hybridized carbons (Fsp3) is 0.360. The van der Waals surface area contributed by atoms with E-state index in [0.29, 0.717) is 30.0 Å². The number of nitrogens with zero attached hydrogens (tertiary/aromatic N) is 1. The number of Topliss-reactive ketones (excluding diaryl/α,β-unsaturated/α-hetero) is 1. The van der Waals surface area contributed by atoms with Crippen LogP contribution in [0.4, 0.5) is 0 Å². The van der Waals surface area contributed by atoms with Crippen molar-refractivity contribution in [1.29, 1.82) is 0 Å². The average Bonchev–Trinajstić information content (AvgIpc) is 3.24. The fourth-order valence-corrected chi connectivity index (χ4v) is 5.96. The third-order valence-corrected chi connectivity index (χ3v) is 7.91. The minimum Gasteiger partial charge on any atom is -0.459 e. The molecule has 3 aromatic rings. The molecule has 0 saturated carbocycles. The second-order valence-electron chi connectivity index (χ2n) is 9.15. The molecule has 0 aliphatic carbocycles. The Morgan fingerprint density at radius 1 is 0.971 bits per heavy atom. The molecule has 8 nitrogen and oxygen atoms in total. The van der Waals surface area contributed by atoms with Crippen LogP contribution in [0, 0.1) is 5.92 Å². The summed E-state index contributed by atoms with van der Waals surface area (Å²) in [6.45, 7) is 0.600. The Balaban J connectivity index is 0.000000204. The molecule has 9 heteroatoms. The van der Waals surface area contributed by atoms with E-state index in [1.165, 1.54) is 12.1 Å². The topological polar surface area (TPSA) is 117 Å². The third-order valence-electron chi connectivity index (χ3n) is 7.04. The zero-order valence-corrected chi connectivity index (χ0v) is 19.3. The van der Waals surface area contributed by atoms with Crippen molar-refractivity contribution in [2.24, 2.45) is 5.92 Å². The van der Waals surface area contributed by atoms with Crippen molar-refractivity contribution >= 4 is 32.8 Å². The number of nitrogens with one attached hydrogen (secondary N) is 1. The Kier molecular flexibility index (Phi) is 6.01. The molecule has 2 aromatic carbocycles. The van der Waals surface area contributed by atoms with Gasteiger partial charge in [-0.25, -0.2) is 4.79 Å². The predicted molar refractivity (Wildman–Crippen MR) is 125 cm³/mol. The summed E-state index contributed by atoms with van der Waals surface area (Å²) in [5, 5.41) is 0.909. The largest absolute Gasteiger partial charge is 0.459 e. The van der Waals surface area contributed by atoms with Gasteiger partial charge in [0.25, 0.3) is 10.1 Å². The monoisotopic (exact) mass is 482 g/mol. The van der Waals surface area contributed by atoms with Gasteiger partial charge >= 0.3 is 5.97 Å². The van der Waals surface area contributed by atoms with Crippen LogP contribution < -0.4 is 0 Å². The number of hydrogen-bond donors (Lipinski definition) is 2. The van der Waals surface area contributed by atoms with Gasteiger partial charge in [-0.1, -0.05) is 36.4 Å². The van der Waals surface area contributed by atoms with Crippen molar-refractivity contribution in [2.75, 3.05) is 6.54 Å². The maximum Gasteiger partial charge on any atom is 0.340 e. The number of para-hydroxylation sites is 1. The van der Waals surface area contributed by atoms with E-state index in [4.69, 9.17) is 9.29 Å². The highest BCUT2D eigenvalue weighted by Crippen LogP contribution is 2.42. The SMILES string of the molecule is O=C(OC1CC2CC3CC(C1)N2CC3=O)c1c[nH]c2ccccc12.O=S(=O)(O)c1ccccc1. The molecule has 34 heavy (non-hydrogen) atoms. The zero-order chi connectivity index (χ0) is 23.9. The lowest BCUT2D eigenvalue weighted by Gasteiger charge is -2.54. The summed E-state index contributed by atoms with van der Waals surface area (Å²) in [6, 6.07) is 16.0. The van der Waals surface area contributed by atoms with Gasteiger partial charge in [0.1, 0.15) is 11.9 Å². The number of carbonyl (C=O) groups is 2. The van der Waals surface area contributed by atoms with Crippen molar-refractivity contribution in [1.82, 2.24) is 9.88 Å². The molecule has 1 aromatic heterocycles. The van der Waals surface area contributed by atoms with Crippen molar-refractivity contribution < 1.29 is 27.3 Å². The van der Waals surface area contributed by atoms with E-state index in [1.54, 1.807) is 24.4 Å². The lowest BCUT2D eigenvalue weighted by atomic mass is 9.72. The molecule has 0 amide bonds. The molecule has 4 aliphatic heterocycles. The van der Waals surface area contributed by atoms with E-state index < -0.39 is 10.1 Å². The van der Waals surface area contributed by atoms with Crippen LogP contribution in [0.25, 0.3) is 10.9 Å². The van der Waals surface area contributed by atoms with Crippen LogP contribution in [-0.4, -0.2) is 59.3 Å². The summed E-state index contributed by atoms with van der Waals surface area (Å²) >= 11 is 0. The van der Waals surface area contributed by atoms with Gasteiger partial charge in [-0.3, -0.25) is 14.2 Å². The molecular formula is C25H26N2O6S. The minimum absolute atomic E-state index is 0.0356. The number of H-pyrrole nitrogens is 1. The quantitative estimate of drug-likeness (QED) is 0.434. The van der Waals surface area contributed by atoms with Crippen LogP contribution in [-0.2, 0) is 19.6 Å². The highest BCUT2D eigenvalue weighted by Gasteiger charge is 2.49. The average molecular weight is 483 g/mol. The highest BCUT2D eigenvalue weighted by atomic mass is 32.2. The number of aromatic nitrogens is 1. The second-order valence-corrected chi connectivity index (χ2v) is 10.6. The summed E-state index contributed by atoms with van der Waals surface area (Å²) in [6.07, 6.45) is 5.29. The molecule has 2 N–H and O–H groups in total. The maximum atomic E-state index is 12.6. The maximum absolute atomic E-state index is 12.6. The molecule has 0 radical (unpaired) electrons. The standard InChI is InChI=1S/C19H20N2O3.C6H6O3S/c22-18-10-21-12-5-11(18)6-13(21)8-14(7-12)24-19(23)16-9-20-17-4-2-1-3-15(16)17;7-10(8,9)6-4-2-1-3-5-6/h1-4,9,11-14,20H,5-8,10H2;1-5H,(H,7,8,9). The molecule has 0 spiro atoms. The summed E-state index contributed by atoms with van der Waals surface area (Å²) < 4.78 is 35.1. The van der Waals surface area contributed by atoms with Crippen molar-refractivity contribution in [2.45, 2.75) is 48.8 Å².